The Morgan fingerprint density at radius 3 is 2.74 bits per heavy atom. The van der Waals surface area contributed by atoms with Crippen molar-refractivity contribution in [3.05, 3.63) is 35.1 Å². The van der Waals surface area contributed by atoms with Crippen LogP contribution in [0.3, 0.4) is 0 Å². The number of rotatable bonds is 3. The fourth-order valence-electron chi connectivity index (χ4n) is 3.24. The number of hydrogen-bond donors (Lipinski definition) is 1. The van der Waals surface area contributed by atoms with Crippen LogP contribution >= 0.6 is 0 Å². The van der Waals surface area contributed by atoms with Gasteiger partial charge in [0.05, 0.1) is 0 Å². The topological polar surface area (TPSA) is 15.3 Å². The van der Waals surface area contributed by atoms with Crippen LogP contribution in [0.15, 0.2) is 18.2 Å². The third-order valence-electron chi connectivity index (χ3n) is 4.45. The van der Waals surface area contributed by atoms with Gasteiger partial charge < -0.3 is 5.32 Å². The predicted molar refractivity (Wildman–Crippen MR) is 75.8 cm³/mol. The molecule has 0 amide bonds. The molecule has 3 rings (SSSR count). The van der Waals surface area contributed by atoms with Crippen molar-refractivity contribution in [3.63, 3.8) is 0 Å². The summed E-state index contributed by atoms with van der Waals surface area (Å²) in [6.07, 6.45) is 4.97. The number of benzene rings is 1. The highest BCUT2D eigenvalue weighted by atomic mass is 19.1. The normalized spacial score (nSPS) is 24.8. The van der Waals surface area contributed by atoms with Crippen LogP contribution < -0.4 is 5.32 Å². The van der Waals surface area contributed by atoms with Gasteiger partial charge in [-0.15, -0.1) is 0 Å². The maximum atomic E-state index is 14.2. The van der Waals surface area contributed by atoms with Gasteiger partial charge in [0.1, 0.15) is 5.82 Å². The summed E-state index contributed by atoms with van der Waals surface area (Å²) in [4.78, 5) is 2.37. The molecule has 1 unspecified atom stereocenters. The fourth-order valence-corrected chi connectivity index (χ4v) is 3.24. The summed E-state index contributed by atoms with van der Waals surface area (Å²) in [6, 6.07) is 5.88. The molecule has 0 spiro atoms. The van der Waals surface area contributed by atoms with Crippen molar-refractivity contribution in [1.82, 2.24) is 10.2 Å². The Morgan fingerprint density at radius 2 is 2.05 bits per heavy atom. The summed E-state index contributed by atoms with van der Waals surface area (Å²) >= 11 is 0. The first kappa shape index (κ1) is 13.1. The Labute approximate surface area is 115 Å². The lowest BCUT2D eigenvalue weighted by molar-refractivity contribution is 0.218. The Kier molecular flexibility index (Phi) is 4.14. The molecule has 2 fully saturated rings. The number of halogens is 1. The van der Waals surface area contributed by atoms with Crippen molar-refractivity contribution < 1.29 is 4.39 Å². The Hall–Kier alpha value is -0.930. The molecule has 2 heterocycles. The van der Waals surface area contributed by atoms with Crippen LogP contribution in [0.5, 0.6) is 0 Å². The molecule has 2 saturated heterocycles. The van der Waals surface area contributed by atoms with Gasteiger partial charge in [0.15, 0.2) is 0 Å². The van der Waals surface area contributed by atoms with E-state index in [2.05, 4.69) is 16.3 Å². The smallest absolute Gasteiger partial charge is 0.127 e. The fraction of sp³-hybridized carbons (Fsp3) is 0.625. The summed E-state index contributed by atoms with van der Waals surface area (Å²) in [7, 11) is 0. The first-order valence-corrected chi connectivity index (χ1v) is 7.54. The second kappa shape index (κ2) is 6.02. The minimum atomic E-state index is -0.0185. The lowest BCUT2D eigenvalue weighted by atomic mass is 9.97. The van der Waals surface area contributed by atoms with Crippen LogP contribution in [0, 0.1) is 5.82 Å². The van der Waals surface area contributed by atoms with Gasteiger partial charge >= 0.3 is 0 Å². The highest BCUT2D eigenvalue weighted by molar-refractivity contribution is 5.28. The third-order valence-corrected chi connectivity index (χ3v) is 4.45. The Balaban J connectivity index is 1.68. The average Bonchev–Trinajstić information content (AvgIpc) is 2.96. The summed E-state index contributed by atoms with van der Waals surface area (Å²) in [6.45, 7) is 5.06. The van der Waals surface area contributed by atoms with E-state index in [9.17, 15) is 4.39 Å². The van der Waals surface area contributed by atoms with Gasteiger partial charge in [0.2, 0.25) is 0 Å². The Bertz CT molecular complexity index is 421. The molecule has 0 aromatic heterocycles. The predicted octanol–water partition coefficient (Wildman–Crippen LogP) is 2.89. The molecule has 2 nitrogen and oxygen atoms in total. The largest absolute Gasteiger partial charge is 0.316 e. The zero-order valence-electron chi connectivity index (χ0n) is 11.5. The van der Waals surface area contributed by atoms with E-state index in [4.69, 9.17) is 0 Å². The molecule has 104 valence electrons. The van der Waals surface area contributed by atoms with Crippen LogP contribution in [-0.4, -0.2) is 31.1 Å². The summed E-state index contributed by atoms with van der Waals surface area (Å²) in [5.41, 5.74) is 2.02. The molecule has 1 atom stereocenters. The maximum Gasteiger partial charge on any atom is 0.127 e. The molecule has 1 N–H and O–H groups in total. The summed E-state index contributed by atoms with van der Waals surface area (Å²) in [5.74, 6) is 0.480. The Morgan fingerprint density at radius 1 is 1.21 bits per heavy atom. The van der Waals surface area contributed by atoms with Crippen LogP contribution in [0.1, 0.15) is 42.7 Å². The molecule has 0 aliphatic carbocycles. The lowest BCUT2D eigenvalue weighted by Gasteiger charge is -2.26. The van der Waals surface area contributed by atoms with Gasteiger partial charge in [-0.1, -0.05) is 18.6 Å². The van der Waals surface area contributed by atoms with E-state index >= 15 is 0 Å². The monoisotopic (exact) mass is 262 g/mol. The van der Waals surface area contributed by atoms with Crippen molar-refractivity contribution >= 4 is 0 Å². The minimum Gasteiger partial charge on any atom is -0.316 e. The van der Waals surface area contributed by atoms with Crippen molar-refractivity contribution in [2.45, 2.75) is 38.1 Å². The van der Waals surface area contributed by atoms with E-state index < -0.39 is 0 Å². The molecule has 1 aromatic carbocycles. The number of piperidine rings is 1. The van der Waals surface area contributed by atoms with Gasteiger partial charge in [-0.2, -0.15) is 0 Å². The number of nitrogens with zero attached hydrogens (tertiary/aromatic N) is 1. The SMILES string of the molecule is Fc1cc(C2CCNC2)ccc1CN1CCCCC1. The van der Waals surface area contributed by atoms with Crippen molar-refractivity contribution in [2.24, 2.45) is 0 Å². The molecular weight excluding hydrogens is 239 g/mol. The van der Waals surface area contributed by atoms with Crippen LogP contribution in [0.25, 0.3) is 0 Å². The van der Waals surface area contributed by atoms with E-state index in [1.165, 1.54) is 19.3 Å². The lowest BCUT2D eigenvalue weighted by Crippen LogP contribution is -2.29. The second-order valence-electron chi connectivity index (χ2n) is 5.88. The molecule has 3 heteroatoms. The highest BCUT2D eigenvalue weighted by Gasteiger charge is 2.18. The standard InChI is InChI=1S/C16H23FN2/c17-16-10-13(14-6-7-18-11-14)4-5-15(16)12-19-8-2-1-3-9-19/h4-5,10,14,18H,1-3,6-9,11-12H2. The van der Waals surface area contributed by atoms with Crippen LogP contribution in [0.4, 0.5) is 4.39 Å². The third kappa shape index (κ3) is 3.15. The number of likely N-dealkylation sites (tertiary alicyclic amines) is 1. The van der Waals surface area contributed by atoms with Crippen molar-refractivity contribution in [2.75, 3.05) is 26.2 Å². The van der Waals surface area contributed by atoms with Gasteiger partial charge in [-0.3, -0.25) is 4.90 Å². The molecule has 0 bridgehead atoms. The molecule has 2 aliphatic rings. The quantitative estimate of drug-likeness (QED) is 0.901. The van der Waals surface area contributed by atoms with Gasteiger partial charge in [0, 0.05) is 18.7 Å². The first-order valence-electron chi connectivity index (χ1n) is 7.54. The molecule has 19 heavy (non-hydrogen) atoms. The highest BCUT2D eigenvalue weighted by Crippen LogP contribution is 2.25. The van der Waals surface area contributed by atoms with Gasteiger partial charge in [-0.25, -0.2) is 4.39 Å². The first-order chi connectivity index (χ1) is 9.33. The van der Waals surface area contributed by atoms with E-state index in [1.54, 1.807) is 6.07 Å². The van der Waals surface area contributed by atoms with Crippen molar-refractivity contribution in [3.8, 4) is 0 Å². The molecule has 0 saturated carbocycles. The van der Waals surface area contributed by atoms with Gasteiger partial charge in [-0.05, 0) is 56.4 Å². The van der Waals surface area contributed by atoms with E-state index in [0.29, 0.717) is 5.92 Å². The van der Waals surface area contributed by atoms with E-state index in [1.807, 2.05) is 6.07 Å². The summed E-state index contributed by atoms with van der Waals surface area (Å²) in [5, 5.41) is 3.34. The zero-order chi connectivity index (χ0) is 13.1. The van der Waals surface area contributed by atoms with E-state index in [-0.39, 0.29) is 5.82 Å². The van der Waals surface area contributed by atoms with Gasteiger partial charge in [0.25, 0.3) is 0 Å². The molecular formula is C16H23FN2. The van der Waals surface area contributed by atoms with Crippen LogP contribution in [-0.2, 0) is 6.54 Å². The average molecular weight is 262 g/mol. The molecule has 1 aromatic rings. The van der Waals surface area contributed by atoms with Crippen LogP contribution in [0.2, 0.25) is 0 Å². The second-order valence-corrected chi connectivity index (χ2v) is 5.88. The summed E-state index contributed by atoms with van der Waals surface area (Å²) < 4.78 is 14.2. The number of hydrogen-bond acceptors (Lipinski definition) is 2. The molecule has 0 radical (unpaired) electrons. The maximum absolute atomic E-state index is 14.2. The molecule has 2 aliphatic heterocycles. The minimum absolute atomic E-state index is 0.0185. The van der Waals surface area contributed by atoms with Crippen molar-refractivity contribution in [1.29, 1.82) is 0 Å². The zero-order valence-corrected chi connectivity index (χ0v) is 11.5. The van der Waals surface area contributed by atoms with E-state index in [0.717, 1.165) is 50.3 Å². The number of nitrogens with one attached hydrogen (secondary N) is 1.